The van der Waals surface area contributed by atoms with E-state index in [1.54, 1.807) is 0 Å². The zero-order chi connectivity index (χ0) is 13.7. The summed E-state index contributed by atoms with van der Waals surface area (Å²) in [6.07, 6.45) is 1.26. The van der Waals surface area contributed by atoms with Crippen molar-refractivity contribution in [1.29, 1.82) is 0 Å². The maximum Gasteiger partial charge on any atom is 0.328 e. The number of carboxylic acids is 1. The van der Waals surface area contributed by atoms with Gasteiger partial charge < -0.3 is 15.2 Å². The molecule has 96 valence electrons. The summed E-state index contributed by atoms with van der Waals surface area (Å²) >= 11 is 0. The third-order valence-corrected chi connectivity index (χ3v) is 1.88. The van der Waals surface area contributed by atoms with Crippen molar-refractivity contribution in [3.63, 3.8) is 0 Å². The first-order chi connectivity index (χ1) is 8.43. The van der Waals surface area contributed by atoms with Crippen LogP contribution in [0.2, 0.25) is 0 Å². The number of rotatable bonds is 4. The highest BCUT2D eigenvalue weighted by atomic mass is 19.1. The highest BCUT2D eigenvalue weighted by Crippen LogP contribution is 2.24. The molecule has 0 unspecified atom stereocenters. The van der Waals surface area contributed by atoms with Gasteiger partial charge in [0.25, 0.3) is 0 Å². The minimum atomic E-state index is -1.33. The summed E-state index contributed by atoms with van der Waals surface area (Å²) in [5.41, 5.74) is -0.409. The number of hydrogen-bond donors (Lipinski definition) is 2. The molecule has 0 saturated carbocycles. The molecule has 1 aromatic rings. The van der Waals surface area contributed by atoms with Gasteiger partial charge in [0.2, 0.25) is 5.91 Å². The number of benzene rings is 1. The summed E-state index contributed by atoms with van der Waals surface area (Å²) in [5.74, 6) is -4.26. The maximum absolute atomic E-state index is 13.4. The van der Waals surface area contributed by atoms with E-state index in [0.29, 0.717) is 12.2 Å². The quantitative estimate of drug-likeness (QED) is 0.802. The van der Waals surface area contributed by atoms with E-state index in [2.05, 4.69) is 4.74 Å². The molecule has 18 heavy (non-hydrogen) atoms. The fourth-order valence-corrected chi connectivity index (χ4v) is 1.10. The van der Waals surface area contributed by atoms with Crippen molar-refractivity contribution in [2.24, 2.45) is 0 Å². The summed E-state index contributed by atoms with van der Waals surface area (Å²) in [4.78, 5) is 21.3. The van der Waals surface area contributed by atoms with E-state index in [1.165, 1.54) is 7.11 Å². The number of nitrogens with one attached hydrogen (secondary N) is 1. The van der Waals surface area contributed by atoms with Crippen molar-refractivity contribution in [2.45, 2.75) is 0 Å². The van der Waals surface area contributed by atoms with E-state index in [-0.39, 0.29) is 5.75 Å². The predicted molar refractivity (Wildman–Crippen MR) is 58.3 cm³/mol. The lowest BCUT2D eigenvalue weighted by Gasteiger charge is -2.07. The van der Waals surface area contributed by atoms with Gasteiger partial charge in [0, 0.05) is 24.3 Å². The van der Waals surface area contributed by atoms with Crippen LogP contribution in [0.1, 0.15) is 0 Å². The standard InChI is InChI=1S/C11H9F2NO4/c1-18-9-5-6(12)8(4-7(9)13)14-10(15)2-3-11(16)17/h2-5H,1H3,(H,14,15)(H,16,17)/b3-2+. The van der Waals surface area contributed by atoms with Crippen molar-refractivity contribution in [2.75, 3.05) is 12.4 Å². The number of carbonyl (C=O) groups excluding carboxylic acids is 1. The Hall–Kier alpha value is -2.44. The van der Waals surface area contributed by atoms with Gasteiger partial charge in [-0.05, 0) is 0 Å². The van der Waals surface area contributed by atoms with Gasteiger partial charge in [-0.25, -0.2) is 13.6 Å². The Morgan fingerprint density at radius 2 is 1.94 bits per heavy atom. The van der Waals surface area contributed by atoms with Crippen LogP contribution in [-0.4, -0.2) is 24.1 Å². The lowest BCUT2D eigenvalue weighted by Crippen LogP contribution is -2.10. The van der Waals surface area contributed by atoms with Gasteiger partial charge in [-0.3, -0.25) is 4.79 Å². The second kappa shape index (κ2) is 5.76. The Morgan fingerprint density at radius 1 is 1.28 bits per heavy atom. The number of anilines is 1. The molecule has 0 atom stereocenters. The molecule has 0 aliphatic carbocycles. The van der Waals surface area contributed by atoms with E-state index < -0.39 is 29.2 Å². The Bertz CT molecular complexity index is 514. The fourth-order valence-electron chi connectivity index (χ4n) is 1.10. The van der Waals surface area contributed by atoms with E-state index >= 15 is 0 Å². The van der Waals surface area contributed by atoms with Crippen LogP contribution in [0.5, 0.6) is 5.75 Å². The molecule has 0 saturated heterocycles. The van der Waals surface area contributed by atoms with Crippen molar-refractivity contribution < 1.29 is 28.2 Å². The average Bonchev–Trinajstić information content (AvgIpc) is 2.30. The molecule has 7 heteroatoms. The van der Waals surface area contributed by atoms with Gasteiger partial charge in [0.1, 0.15) is 0 Å². The molecular weight excluding hydrogens is 248 g/mol. The average molecular weight is 257 g/mol. The summed E-state index contributed by atoms with van der Waals surface area (Å²) in [5, 5.41) is 10.3. The monoisotopic (exact) mass is 257 g/mol. The number of aliphatic carboxylic acids is 1. The lowest BCUT2D eigenvalue weighted by molar-refractivity contribution is -0.131. The van der Waals surface area contributed by atoms with Crippen molar-refractivity contribution in [3.8, 4) is 5.75 Å². The van der Waals surface area contributed by atoms with Crippen molar-refractivity contribution in [1.82, 2.24) is 0 Å². The Labute approximate surface area is 101 Å². The van der Waals surface area contributed by atoms with Gasteiger partial charge in [-0.15, -0.1) is 0 Å². The van der Waals surface area contributed by atoms with E-state index in [4.69, 9.17) is 5.11 Å². The van der Waals surface area contributed by atoms with E-state index in [9.17, 15) is 18.4 Å². The molecule has 0 aliphatic heterocycles. The minimum absolute atomic E-state index is 0.299. The highest BCUT2D eigenvalue weighted by molar-refractivity contribution is 6.02. The smallest absolute Gasteiger partial charge is 0.328 e. The molecule has 0 aliphatic rings. The van der Waals surface area contributed by atoms with Crippen LogP contribution < -0.4 is 10.1 Å². The molecule has 0 fully saturated rings. The number of halogens is 2. The molecule has 2 N–H and O–H groups in total. The van der Waals surface area contributed by atoms with Gasteiger partial charge in [-0.2, -0.15) is 0 Å². The Kier molecular flexibility index (Phi) is 4.36. The first-order valence-electron chi connectivity index (χ1n) is 4.69. The van der Waals surface area contributed by atoms with Crippen LogP contribution in [0, 0.1) is 11.6 Å². The molecule has 5 nitrogen and oxygen atoms in total. The van der Waals surface area contributed by atoms with Crippen LogP contribution in [0.3, 0.4) is 0 Å². The van der Waals surface area contributed by atoms with Crippen molar-refractivity contribution >= 4 is 17.6 Å². The van der Waals surface area contributed by atoms with Crippen LogP contribution in [0.25, 0.3) is 0 Å². The second-order valence-corrected chi connectivity index (χ2v) is 3.13. The normalized spacial score (nSPS) is 10.4. The molecule has 1 aromatic carbocycles. The predicted octanol–water partition coefficient (Wildman–Crippen LogP) is 1.55. The number of amides is 1. The second-order valence-electron chi connectivity index (χ2n) is 3.13. The minimum Gasteiger partial charge on any atom is -0.494 e. The molecule has 0 heterocycles. The maximum atomic E-state index is 13.4. The van der Waals surface area contributed by atoms with E-state index in [0.717, 1.165) is 12.1 Å². The number of hydrogen-bond acceptors (Lipinski definition) is 3. The molecule has 0 radical (unpaired) electrons. The third-order valence-electron chi connectivity index (χ3n) is 1.88. The zero-order valence-corrected chi connectivity index (χ0v) is 9.24. The molecule has 1 rings (SSSR count). The number of ether oxygens (including phenoxy) is 1. The zero-order valence-electron chi connectivity index (χ0n) is 9.24. The summed E-state index contributed by atoms with van der Waals surface area (Å²) in [7, 11) is 1.17. The first kappa shape index (κ1) is 13.6. The Balaban J connectivity index is 2.88. The molecule has 0 bridgehead atoms. The van der Waals surface area contributed by atoms with Gasteiger partial charge >= 0.3 is 5.97 Å². The van der Waals surface area contributed by atoms with E-state index in [1.807, 2.05) is 5.32 Å². The number of carboxylic acid groups (broad SMARTS) is 1. The topological polar surface area (TPSA) is 75.6 Å². The summed E-state index contributed by atoms with van der Waals surface area (Å²) < 4.78 is 31.2. The van der Waals surface area contributed by atoms with Gasteiger partial charge in [0.05, 0.1) is 12.8 Å². The summed E-state index contributed by atoms with van der Waals surface area (Å²) in [6.45, 7) is 0. The molecule has 0 aromatic heterocycles. The number of methoxy groups -OCH3 is 1. The Morgan fingerprint density at radius 3 is 2.50 bits per heavy atom. The SMILES string of the molecule is COc1cc(F)c(NC(=O)/C=C/C(=O)O)cc1F. The third kappa shape index (κ3) is 3.55. The summed E-state index contributed by atoms with van der Waals surface area (Å²) in [6, 6.07) is 1.51. The van der Waals surface area contributed by atoms with Crippen LogP contribution in [0.15, 0.2) is 24.3 Å². The van der Waals surface area contributed by atoms with Gasteiger partial charge in [-0.1, -0.05) is 0 Å². The van der Waals surface area contributed by atoms with Crippen molar-refractivity contribution in [3.05, 3.63) is 35.9 Å². The van der Waals surface area contributed by atoms with Crippen LogP contribution >= 0.6 is 0 Å². The molecule has 0 spiro atoms. The first-order valence-corrected chi connectivity index (χ1v) is 4.69. The highest BCUT2D eigenvalue weighted by Gasteiger charge is 2.11. The van der Waals surface area contributed by atoms with Crippen LogP contribution in [-0.2, 0) is 9.59 Å². The largest absolute Gasteiger partial charge is 0.494 e. The van der Waals surface area contributed by atoms with Crippen LogP contribution in [0.4, 0.5) is 14.5 Å². The van der Waals surface area contributed by atoms with Gasteiger partial charge in [0.15, 0.2) is 17.4 Å². The lowest BCUT2D eigenvalue weighted by atomic mass is 10.2. The molecular formula is C11H9F2NO4. The molecule has 1 amide bonds. The fraction of sp³-hybridized carbons (Fsp3) is 0.0909. The number of carbonyl (C=O) groups is 2.